The number of nitrogens with zero attached hydrogens (tertiary/aromatic N) is 1. The lowest BCUT2D eigenvalue weighted by atomic mass is 10.1. The zero-order valence-electron chi connectivity index (χ0n) is 17.3. The standard InChI is InChI=1S/C22H25Cl3N2O3/c1-14(21(29)26-22(2,3)4)27(12-15-9-10-16(23)18(25)11-15)20(28)13-30-19-8-6-5-7-17(19)24/h5-11,14H,12-13H2,1-4H3,(H,26,29). The van der Waals surface area contributed by atoms with E-state index >= 15 is 0 Å². The van der Waals surface area contributed by atoms with Gasteiger partial charge in [-0.1, -0.05) is 53.0 Å². The van der Waals surface area contributed by atoms with Gasteiger partial charge in [0.2, 0.25) is 5.91 Å². The molecule has 0 saturated heterocycles. The lowest BCUT2D eigenvalue weighted by molar-refractivity contribution is -0.142. The van der Waals surface area contributed by atoms with E-state index in [0.717, 1.165) is 5.56 Å². The summed E-state index contributed by atoms with van der Waals surface area (Å²) in [6, 6.07) is 11.2. The topological polar surface area (TPSA) is 58.6 Å². The maximum Gasteiger partial charge on any atom is 0.261 e. The zero-order chi connectivity index (χ0) is 22.5. The molecule has 0 aromatic heterocycles. The SMILES string of the molecule is CC(C(=O)NC(C)(C)C)N(Cc1ccc(Cl)c(Cl)c1)C(=O)COc1ccccc1Cl. The molecule has 2 amide bonds. The van der Waals surface area contributed by atoms with Crippen LogP contribution < -0.4 is 10.1 Å². The Balaban J connectivity index is 2.22. The van der Waals surface area contributed by atoms with Crippen molar-refractivity contribution in [2.75, 3.05) is 6.61 Å². The van der Waals surface area contributed by atoms with Gasteiger partial charge in [-0.25, -0.2) is 0 Å². The summed E-state index contributed by atoms with van der Waals surface area (Å²) in [5.41, 5.74) is 0.309. The van der Waals surface area contributed by atoms with Gasteiger partial charge in [-0.3, -0.25) is 9.59 Å². The number of hydrogen-bond donors (Lipinski definition) is 1. The molecule has 5 nitrogen and oxygen atoms in total. The molecule has 2 rings (SSSR count). The number of halogens is 3. The van der Waals surface area contributed by atoms with E-state index < -0.39 is 11.6 Å². The fraction of sp³-hybridized carbons (Fsp3) is 0.364. The summed E-state index contributed by atoms with van der Waals surface area (Å²) in [7, 11) is 0. The molecule has 0 aliphatic rings. The Morgan fingerprint density at radius 3 is 2.30 bits per heavy atom. The van der Waals surface area contributed by atoms with E-state index in [1.165, 1.54) is 4.90 Å². The van der Waals surface area contributed by atoms with Crippen molar-refractivity contribution in [3.8, 4) is 5.75 Å². The van der Waals surface area contributed by atoms with E-state index in [-0.39, 0.29) is 25.0 Å². The van der Waals surface area contributed by atoms with Crippen LogP contribution in [0.1, 0.15) is 33.3 Å². The van der Waals surface area contributed by atoms with Crippen molar-refractivity contribution in [3.63, 3.8) is 0 Å². The number of hydrogen-bond acceptors (Lipinski definition) is 3. The van der Waals surface area contributed by atoms with Crippen molar-refractivity contribution in [1.82, 2.24) is 10.2 Å². The molecule has 0 aliphatic heterocycles. The first-order valence-electron chi connectivity index (χ1n) is 9.40. The van der Waals surface area contributed by atoms with Gasteiger partial charge in [0.25, 0.3) is 5.91 Å². The molecule has 0 spiro atoms. The number of carbonyl (C=O) groups is 2. The van der Waals surface area contributed by atoms with Crippen LogP contribution in [0, 0.1) is 0 Å². The second kappa shape index (κ2) is 10.4. The fourth-order valence-electron chi connectivity index (χ4n) is 2.68. The number of ether oxygens (including phenoxy) is 1. The highest BCUT2D eigenvalue weighted by Gasteiger charge is 2.29. The fourth-order valence-corrected chi connectivity index (χ4v) is 3.19. The molecule has 162 valence electrons. The number of benzene rings is 2. The Morgan fingerprint density at radius 2 is 1.70 bits per heavy atom. The predicted octanol–water partition coefficient (Wildman–Crippen LogP) is 5.36. The highest BCUT2D eigenvalue weighted by molar-refractivity contribution is 6.42. The Bertz CT molecular complexity index is 913. The van der Waals surface area contributed by atoms with Gasteiger partial charge in [0.05, 0.1) is 15.1 Å². The van der Waals surface area contributed by atoms with Gasteiger partial charge in [-0.15, -0.1) is 0 Å². The first-order chi connectivity index (χ1) is 14.0. The molecule has 0 saturated carbocycles. The van der Waals surface area contributed by atoms with Crippen LogP contribution in [0.25, 0.3) is 0 Å². The van der Waals surface area contributed by atoms with Gasteiger partial charge in [0.15, 0.2) is 6.61 Å². The number of nitrogens with one attached hydrogen (secondary N) is 1. The van der Waals surface area contributed by atoms with E-state index in [2.05, 4.69) is 5.32 Å². The van der Waals surface area contributed by atoms with Crippen LogP contribution in [0.2, 0.25) is 15.1 Å². The van der Waals surface area contributed by atoms with Gasteiger partial charge in [0, 0.05) is 12.1 Å². The minimum atomic E-state index is -0.735. The minimum Gasteiger partial charge on any atom is -0.482 e. The molecule has 1 unspecified atom stereocenters. The van der Waals surface area contributed by atoms with E-state index in [0.29, 0.717) is 20.8 Å². The third-order valence-corrected chi connectivity index (χ3v) is 5.24. The minimum absolute atomic E-state index is 0.167. The maximum absolute atomic E-state index is 13.0. The van der Waals surface area contributed by atoms with Crippen LogP contribution in [0.4, 0.5) is 0 Å². The van der Waals surface area contributed by atoms with E-state index in [1.807, 2.05) is 20.8 Å². The molecule has 0 radical (unpaired) electrons. The van der Waals surface area contributed by atoms with Gasteiger partial charge in [0.1, 0.15) is 11.8 Å². The summed E-state index contributed by atoms with van der Waals surface area (Å²) in [5.74, 6) is -0.236. The maximum atomic E-state index is 13.0. The Kier molecular flexibility index (Phi) is 8.42. The summed E-state index contributed by atoms with van der Waals surface area (Å²) in [6.45, 7) is 7.21. The van der Waals surface area contributed by atoms with E-state index in [4.69, 9.17) is 39.5 Å². The summed E-state index contributed by atoms with van der Waals surface area (Å²) < 4.78 is 5.59. The summed E-state index contributed by atoms with van der Waals surface area (Å²) >= 11 is 18.2. The first-order valence-corrected chi connectivity index (χ1v) is 10.5. The molecule has 8 heteroatoms. The van der Waals surface area contributed by atoms with Crippen molar-refractivity contribution >= 4 is 46.6 Å². The summed E-state index contributed by atoms with van der Waals surface area (Å²) in [5, 5.41) is 4.10. The lowest BCUT2D eigenvalue weighted by Gasteiger charge is -2.31. The van der Waals surface area contributed by atoms with Crippen molar-refractivity contribution < 1.29 is 14.3 Å². The average molecular weight is 472 g/mol. The summed E-state index contributed by atoms with van der Waals surface area (Å²) in [4.78, 5) is 27.2. The normalized spacial score (nSPS) is 12.2. The largest absolute Gasteiger partial charge is 0.482 e. The highest BCUT2D eigenvalue weighted by Crippen LogP contribution is 2.25. The molecule has 2 aromatic carbocycles. The van der Waals surface area contributed by atoms with Gasteiger partial charge < -0.3 is 15.0 Å². The average Bonchev–Trinajstić information content (AvgIpc) is 2.66. The van der Waals surface area contributed by atoms with Crippen LogP contribution in [0.3, 0.4) is 0 Å². The van der Waals surface area contributed by atoms with Crippen LogP contribution in [-0.2, 0) is 16.1 Å². The van der Waals surface area contributed by atoms with Crippen LogP contribution in [0.15, 0.2) is 42.5 Å². The molecular weight excluding hydrogens is 447 g/mol. The van der Waals surface area contributed by atoms with Gasteiger partial charge >= 0.3 is 0 Å². The number of para-hydroxylation sites is 1. The van der Waals surface area contributed by atoms with Crippen molar-refractivity contribution in [1.29, 1.82) is 0 Å². The lowest BCUT2D eigenvalue weighted by Crippen LogP contribution is -2.53. The van der Waals surface area contributed by atoms with Crippen molar-refractivity contribution in [2.45, 2.75) is 45.8 Å². The van der Waals surface area contributed by atoms with Crippen molar-refractivity contribution in [2.24, 2.45) is 0 Å². The first kappa shape index (κ1) is 24.3. The Labute approximate surface area is 192 Å². The highest BCUT2D eigenvalue weighted by atomic mass is 35.5. The molecule has 30 heavy (non-hydrogen) atoms. The molecular formula is C22H25Cl3N2O3. The predicted molar refractivity (Wildman–Crippen MR) is 121 cm³/mol. The van der Waals surface area contributed by atoms with E-state index in [1.54, 1.807) is 49.4 Å². The molecule has 0 fully saturated rings. The molecule has 2 aromatic rings. The van der Waals surface area contributed by atoms with Gasteiger partial charge in [-0.05, 0) is 57.5 Å². The van der Waals surface area contributed by atoms with Crippen molar-refractivity contribution in [3.05, 3.63) is 63.1 Å². The number of carbonyl (C=O) groups excluding carboxylic acids is 2. The van der Waals surface area contributed by atoms with E-state index in [9.17, 15) is 9.59 Å². The number of amides is 2. The molecule has 0 bridgehead atoms. The quantitative estimate of drug-likeness (QED) is 0.591. The second-order valence-corrected chi connectivity index (χ2v) is 9.13. The third kappa shape index (κ3) is 7.08. The molecule has 0 aliphatic carbocycles. The smallest absolute Gasteiger partial charge is 0.261 e. The Morgan fingerprint density at radius 1 is 1.03 bits per heavy atom. The zero-order valence-corrected chi connectivity index (χ0v) is 19.6. The number of rotatable bonds is 7. The van der Waals surface area contributed by atoms with Gasteiger partial charge in [-0.2, -0.15) is 0 Å². The summed E-state index contributed by atoms with van der Waals surface area (Å²) in [6.07, 6.45) is 0. The molecule has 1 atom stereocenters. The molecule has 1 N–H and O–H groups in total. The van der Waals surface area contributed by atoms with Crippen LogP contribution >= 0.6 is 34.8 Å². The Hall–Kier alpha value is -1.95. The molecule has 0 heterocycles. The van der Waals surface area contributed by atoms with Crippen LogP contribution in [0.5, 0.6) is 5.75 Å². The third-order valence-electron chi connectivity index (χ3n) is 4.19. The monoisotopic (exact) mass is 470 g/mol. The second-order valence-electron chi connectivity index (χ2n) is 7.90. The van der Waals surface area contributed by atoms with Crippen LogP contribution in [-0.4, -0.2) is 34.9 Å².